The zero-order valence-corrected chi connectivity index (χ0v) is 20.2. The molecule has 2 aromatic rings. The zero-order valence-electron chi connectivity index (χ0n) is 20.2. The van der Waals surface area contributed by atoms with Crippen LogP contribution in [-0.4, -0.2) is 84.8 Å². The topological polar surface area (TPSA) is 98.2 Å². The molecule has 3 heterocycles. The molecule has 1 aromatic carbocycles. The maximum atomic E-state index is 14.0. The first-order valence-corrected chi connectivity index (χ1v) is 11.5. The predicted octanol–water partition coefficient (Wildman–Crippen LogP) is 3.47. The molecule has 1 N–H and O–H groups in total. The van der Waals surface area contributed by atoms with Gasteiger partial charge in [-0.3, -0.25) is 4.79 Å². The summed E-state index contributed by atoms with van der Waals surface area (Å²) in [5.74, 6) is 0.379. The van der Waals surface area contributed by atoms with E-state index < -0.39 is 30.3 Å². The number of methoxy groups -OCH3 is 2. The minimum atomic E-state index is -4.58. The van der Waals surface area contributed by atoms with Gasteiger partial charge in [-0.2, -0.15) is 18.3 Å². The maximum Gasteiger partial charge on any atom is 0.410 e. The van der Waals surface area contributed by atoms with Gasteiger partial charge in [0.05, 0.1) is 33.1 Å². The van der Waals surface area contributed by atoms with Crippen molar-refractivity contribution in [2.24, 2.45) is 0 Å². The highest BCUT2D eigenvalue weighted by Crippen LogP contribution is 2.45. The second-order valence-corrected chi connectivity index (χ2v) is 8.43. The van der Waals surface area contributed by atoms with Crippen LogP contribution in [0.5, 0.6) is 11.5 Å². The molecule has 2 amide bonds. The Balaban J connectivity index is 1.60. The molecule has 0 aliphatic carbocycles. The van der Waals surface area contributed by atoms with Gasteiger partial charge in [0.2, 0.25) is 0 Å². The van der Waals surface area contributed by atoms with Crippen LogP contribution in [0.15, 0.2) is 24.4 Å². The molecule has 0 radical (unpaired) electrons. The number of piperazine rings is 1. The van der Waals surface area contributed by atoms with Crippen molar-refractivity contribution < 1.29 is 37.0 Å². The van der Waals surface area contributed by atoms with Crippen molar-refractivity contribution in [3.8, 4) is 11.5 Å². The predicted molar refractivity (Wildman–Crippen MR) is 122 cm³/mol. The molecule has 2 atom stereocenters. The van der Waals surface area contributed by atoms with Crippen molar-refractivity contribution >= 4 is 17.8 Å². The molecule has 2 aliphatic heterocycles. The summed E-state index contributed by atoms with van der Waals surface area (Å²) < 4.78 is 58.5. The molecule has 196 valence electrons. The van der Waals surface area contributed by atoms with E-state index in [1.807, 2.05) is 0 Å². The number of hydrogen-bond donors (Lipinski definition) is 1. The van der Waals surface area contributed by atoms with Gasteiger partial charge < -0.3 is 29.3 Å². The molecule has 4 rings (SSSR count). The Morgan fingerprint density at radius 2 is 1.75 bits per heavy atom. The van der Waals surface area contributed by atoms with E-state index in [1.54, 1.807) is 25.1 Å². The first-order valence-electron chi connectivity index (χ1n) is 11.5. The van der Waals surface area contributed by atoms with E-state index in [1.165, 1.54) is 24.0 Å². The second-order valence-electron chi connectivity index (χ2n) is 8.43. The summed E-state index contributed by atoms with van der Waals surface area (Å²) in [5, 5.41) is 7.02. The third-order valence-electron chi connectivity index (χ3n) is 6.37. The fraction of sp³-hybridized carbons (Fsp3) is 0.522. The van der Waals surface area contributed by atoms with Gasteiger partial charge in [-0.15, -0.1) is 0 Å². The van der Waals surface area contributed by atoms with E-state index in [9.17, 15) is 22.8 Å². The summed E-state index contributed by atoms with van der Waals surface area (Å²) in [6.07, 6.45) is -4.19. The van der Waals surface area contributed by atoms with Crippen LogP contribution in [0.25, 0.3) is 0 Å². The van der Waals surface area contributed by atoms with Gasteiger partial charge in [0, 0.05) is 32.6 Å². The van der Waals surface area contributed by atoms with Crippen LogP contribution in [0.1, 0.15) is 41.3 Å². The van der Waals surface area contributed by atoms with Crippen molar-refractivity contribution in [3.05, 3.63) is 35.5 Å². The number of benzene rings is 1. The average Bonchev–Trinajstić information content (AvgIpc) is 3.30. The quantitative estimate of drug-likeness (QED) is 0.657. The van der Waals surface area contributed by atoms with Gasteiger partial charge in [0.25, 0.3) is 5.91 Å². The van der Waals surface area contributed by atoms with Crippen molar-refractivity contribution in [2.75, 3.05) is 52.3 Å². The van der Waals surface area contributed by atoms with Crippen molar-refractivity contribution in [2.45, 2.75) is 31.6 Å². The fourth-order valence-electron chi connectivity index (χ4n) is 4.48. The molecule has 36 heavy (non-hydrogen) atoms. The molecule has 0 spiro atoms. The molecule has 13 heteroatoms. The number of anilines is 1. The molecular weight excluding hydrogens is 483 g/mol. The SMILES string of the molecule is CCOC(=O)N1CCN(C(=O)c2cnn3c2N[C@@H](c2ccc(OC)c(OC)c2)C[C@H]3C(F)(F)F)CC1. The number of fused-ring (bicyclic) bond motifs is 1. The number of carbonyl (C=O) groups is 2. The fourth-order valence-corrected chi connectivity index (χ4v) is 4.48. The highest BCUT2D eigenvalue weighted by Gasteiger charge is 2.47. The van der Waals surface area contributed by atoms with E-state index in [0.29, 0.717) is 17.1 Å². The number of alkyl halides is 3. The second kappa shape index (κ2) is 10.2. The van der Waals surface area contributed by atoms with Crippen LogP contribution in [0, 0.1) is 0 Å². The molecule has 2 aliphatic rings. The lowest BCUT2D eigenvalue weighted by molar-refractivity contribution is -0.173. The van der Waals surface area contributed by atoms with Crippen LogP contribution in [-0.2, 0) is 4.74 Å². The lowest BCUT2D eigenvalue weighted by Crippen LogP contribution is -2.50. The number of hydrogen-bond acceptors (Lipinski definition) is 7. The Hall–Kier alpha value is -3.64. The minimum Gasteiger partial charge on any atom is -0.493 e. The van der Waals surface area contributed by atoms with Crippen LogP contribution in [0.2, 0.25) is 0 Å². The summed E-state index contributed by atoms with van der Waals surface area (Å²) >= 11 is 0. The Labute approximate surface area is 205 Å². The smallest absolute Gasteiger partial charge is 0.410 e. The van der Waals surface area contributed by atoms with Crippen LogP contribution >= 0.6 is 0 Å². The molecular formula is C23H28F3N5O5. The van der Waals surface area contributed by atoms with E-state index in [4.69, 9.17) is 14.2 Å². The maximum absolute atomic E-state index is 14.0. The standard InChI is InChI=1S/C23H28F3N5O5/c1-4-36-22(33)30-9-7-29(8-10-30)21(32)15-13-27-31-19(23(24,25)26)12-16(28-20(15)31)14-5-6-17(34-2)18(11-14)35-3/h5-6,11,13,16,19,28H,4,7-10,12H2,1-3H3/t16-,19+/m1/s1. The highest BCUT2D eigenvalue weighted by atomic mass is 19.4. The molecule has 10 nitrogen and oxygen atoms in total. The van der Waals surface area contributed by atoms with E-state index in [2.05, 4.69) is 10.4 Å². The van der Waals surface area contributed by atoms with Crippen molar-refractivity contribution in [1.82, 2.24) is 19.6 Å². The van der Waals surface area contributed by atoms with Gasteiger partial charge in [0.15, 0.2) is 17.5 Å². The third-order valence-corrected chi connectivity index (χ3v) is 6.37. The van der Waals surface area contributed by atoms with E-state index in [0.717, 1.165) is 10.9 Å². The van der Waals surface area contributed by atoms with Gasteiger partial charge in [0.1, 0.15) is 11.4 Å². The Morgan fingerprint density at radius 3 is 2.36 bits per heavy atom. The third kappa shape index (κ3) is 4.86. The first-order chi connectivity index (χ1) is 17.2. The highest BCUT2D eigenvalue weighted by molar-refractivity contribution is 5.99. The zero-order chi connectivity index (χ0) is 26.0. The number of nitrogens with zero attached hydrogens (tertiary/aromatic N) is 4. The van der Waals surface area contributed by atoms with Crippen LogP contribution in [0.4, 0.5) is 23.8 Å². The van der Waals surface area contributed by atoms with Crippen molar-refractivity contribution in [3.63, 3.8) is 0 Å². The number of nitrogens with one attached hydrogen (secondary N) is 1. The lowest BCUT2D eigenvalue weighted by Gasteiger charge is -2.36. The summed E-state index contributed by atoms with van der Waals surface area (Å²) in [5.41, 5.74) is 0.592. The first kappa shape index (κ1) is 25.5. The summed E-state index contributed by atoms with van der Waals surface area (Å²) in [6.45, 7) is 2.93. The normalized spacial score (nSPS) is 19.8. The summed E-state index contributed by atoms with van der Waals surface area (Å²) in [4.78, 5) is 28.2. The number of ether oxygens (including phenoxy) is 3. The number of carbonyl (C=O) groups excluding carboxylic acids is 2. The van der Waals surface area contributed by atoms with Gasteiger partial charge in [-0.25, -0.2) is 9.48 Å². The van der Waals surface area contributed by atoms with Gasteiger partial charge in [-0.05, 0) is 24.6 Å². The summed E-state index contributed by atoms with van der Waals surface area (Å²) in [7, 11) is 2.92. The molecule has 1 aromatic heterocycles. The monoisotopic (exact) mass is 511 g/mol. The molecule has 0 unspecified atom stereocenters. The molecule has 1 saturated heterocycles. The number of amides is 2. The molecule has 1 fully saturated rings. The van der Waals surface area contributed by atoms with E-state index >= 15 is 0 Å². The Bertz CT molecular complexity index is 1110. The van der Waals surface area contributed by atoms with Crippen LogP contribution < -0.4 is 14.8 Å². The lowest BCUT2D eigenvalue weighted by atomic mass is 9.96. The van der Waals surface area contributed by atoms with Crippen LogP contribution in [0.3, 0.4) is 0 Å². The van der Waals surface area contributed by atoms with E-state index in [-0.39, 0.29) is 50.6 Å². The summed E-state index contributed by atoms with van der Waals surface area (Å²) in [6, 6.07) is 2.22. The Kier molecular flexibility index (Phi) is 7.18. The number of aromatic nitrogens is 2. The van der Waals surface area contributed by atoms with Crippen molar-refractivity contribution in [1.29, 1.82) is 0 Å². The number of halogens is 3. The minimum absolute atomic E-state index is 0.00109. The number of rotatable bonds is 5. The largest absolute Gasteiger partial charge is 0.493 e. The molecule has 0 bridgehead atoms. The average molecular weight is 512 g/mol. The Morgan fingerprint density at radius 1 is 1.08 bits per heavy atom. The molecule has 0 saturated carbocycles. The van der Waals surface area contributed by atoms with Gasteiger partial charge in [-0.1, -0.05) is 6.07 Å². The van der Waals surface area contributed by atoms with Gasteiger partial charge >= 0.3 is 12.3 Å².